The van der Waals surface area contributed by atoms with E-state index in [1.807, 2.05) is 0 Å². The Kier molecular flexibility index (Phi) is 3.55. The third kappa shape index (κ3) is 2.32. The predicted molar refractivity (Wildman–Crippen MR) is 61.6 cm³/mol. The average Bonchev–Trinajstić information content (AvgIpc) is 2.66. The first kappa shape index (κ1) is 12.5. The lowest BCUT2D eigenvalue weighted by Crippen LogP contribution is -2.26. The van der Waals surface area contributed by atoms with Gasteiger partial charge in [0.15, 0.2) is 5.65 Å². The van der Waals surface area contributed by atoms with Crippen molar-refractivity contribution in [3.63, 3.8) is 0 Å². The topological polar surface area (TPSA) is 139 Å². The minimum absolute atomic E-state index is 0.0559. The summed E-state index contributed by atoms with van der Waals surface area (Å²) in [4.78, 5) is 21.8. The van der Waals surface area contributed by atoms with E-state index in [4.69, 9.17) is 20.7 Å². The summed E-state index contributed by atoms with van der Waals surface area (Å²) in [5.74, 6) is 0.0559. The fourth-order valence-corrected chi connectivity index (χ4v) is 1.43. The lowest BCUT2D eigenvalue weighted by molar-refractivity contribution is -0.0495. The lowest BCUT2D eigenvalue weighted by atomic mass is 10.4. The zero-order valence-electron chi connectivity index (χ0n) is 9.41. The Morgan fingerprint density at radius 2 is 2.22 bits per heavy atom. The van der Waals surface area contributed by atoms with E-state index in [1.165, 1.54) is 10.8 Å². The Morgan fingerprint density at radius 1 is 1.50 bits per heavy atom. The molecule has 2 aromatic heterocycles. The number of aliphatic hydroxyl groups excluding tert-OH is 2. The molecule has 0 aromatic carbocycles. The van der Waals surface area contributed by atoms with Gasteiger partial charge in [-0.3, -0.25) is 9.55 Å². The van der Waals surface area contributed by atoms with Crippen molar-refractivity contribution in [3.8, 4) is 0 Å². The molecule has 0 fully saturated rings. The van der Waals surface area contributed by atoms with Crippen molar-refractivity contribution in [2.24, 2.45) is 0 Å². The van der Waals surface area contributed by atoms with Crippen molar-refractivity contribution in [3.05, 3.63) is 16.7 Å². The van der Waals surface area contributed by atoms with Crippen LogP contribution in [0.5, 0.6) is 0 Å². The van der Waals surface area contributed by atoms with Crippen molar-refractivity contribution in [1.82, 2.24) is 19.5 Å². The molecule has 0 saturated heterocycles. The summed E-state index contributed by atoms with van der Waals surface area (Å²) in [5.41, 5.74) is 5.71. The van der Waals surface area contributed by atoms with Gasteiger partial charge in [-0.1, -0.05) is 0 Å². The molecule has 98 valence electrons. The van der Waals surface area contributed by atoms with Gasteiger partial charge in [0, 0.05) is 0 Å². The highest BCUT2D eigenvalue weighted by molar-refractivity contribution is 5.70. The van der Waals surface area contributed by atoms with Gasteiger partial charge < -0.3 is 20.7 Å². The van der Waals surface area contributed by atoms with Crippen LogP contribution in [0.4, 0.5) is 5.95 Å². The first-order valence-electron chi connectivity index (χ1n) is 5.20. The maximum absolute atomic E-state index is 11.6. The fraction of sp³-hybridized carbons (Fsp3) is 0.444. The summed E-state index contributed by atoms with van der Waals surface area (Å²) in [7, 11) is 0. The summed E-state index contributed by atoms with van der Waals surface area (Å²) in [5, 5.41) is 17.7. The van der Waals surface area contributed by atoms with E-state index in [0.29, 0.717) is 11.2 Å². The highest BCUT2D eigenvalue weighted by Gasteiger charge is 2.11. The van der Waals surface area contributed by atoms with Crippen molar-refractivity contribution >= 4 is 17.1 Å². The number of anilines is 1. The summed E-state index contributed by atoms with van der Waals surface area (Å²) >= 11 is 0. The van der Waals surface area contributed by atoms with Gasteiger partial charge in [0.25, 0.3) is 0 Å². The van der Waals surface area contributed by atoms with Crippen LogP contribution in [0.15, 0.2) is 11.0 Å². The first-order chi connectivity index (χ1) is 8.65. The number of aliphatic hydroxyl groups is 2. The number of nitrogen functional groups attached to an aromatic ring is 1. The molecule has 0 saturated carbocycles. The number of nitrogens with zero attached hydrogens (tertiary/aromatic N) is 3. The third-order valence-electron chi connectivity index (χ3n) is 2.40. The number of aromatic nitrogens is 4. The molecule has 0 aliphatic rings. The zero-order valence-corrected chi connectivity index (χ0v) is 9.41. The molecule has 0 amide bonds. The highest BCUT2D eigenvalue weighted by atomic mass is 16.5. The van der Waals surface area contributed by atoms with Crippen molar-refractivity contribution < 1.29 is 14.9 Å². The molecule has 2 aromatic rings. The van der Waals surface area contributed by atoms with E-state index in [2.05, 4.69) is 15.0 Å². The number of nitrogens with one attached hydrogen (secondary N) is 1. The summed E-state index contributed by atoms with van der Waals surface area (Å²) in [6.45, 7) is -0.800. The van der Waals surface area contributed by atoms with Crippen LogP contribution in [0.1, 0.15) is 0 Å². The van der Waals surface area contributed by atoms with Crippen LogP contribution in [-0.4, -0.2) is 49.0 Å². The number of fused-ring (bicyclic) bond motifs is 1. The van der Waals surface area contributed by atoms with Gasteiger partial charge in [0.05, 0.1) is 19.4 Å². The number of nitrogens with two attached hydrogens (primary N) is 1. The molecule has 18 heavy (non-hydrogen) atoms. The summed E-state index contributed by atoms with van der Waals surface area (Å²) in [6, 6.07) is 0. The lowest BCUT2D eigenvalue weighted by Gasteiger charge is -2.12. The maximum atomic E-state index is 11.6. The molecule has 0 radical (unpaired) electrons. The van der Waals surface area contributed by atoms with Crippen LogP contribution in [0.2, 0.25) is 0 Å². The number of ether oxygens (including phenoxy) is 1. The molecule has 0 aliphatic heterocycles. The van der Waals surface area contributed by atoms with Crippen LogP contribution in [0.3, 0.4) is 0 Å². The smallest absolute Gasteiger partial charge is 0.329 e. The molecule has 2 rings (SSSR count). The van der Waals surface area contributed by atoms with Crippen molar-refractivity contribution in [2.45, 2.75) is 12.8 Å². The van der Waals surface area contributed by atoms with Crippen LogP contribution in [0.25, 0.3) is 11.2 Å². The fourth-order valence-electron chi connectivity index (χ4n) is 1.43. The summed E-state index contributed by atoms with van der Waals surface area (Å²) < 4.78 is 6.40. The summed E-state index contributed by atoms with van der Waals surface area (Å²) in [6.07, 6.45) is 0.655. The molecule has 5 N–H and O–H groups in total. The number of hydrogen-bond acceptors (Lipinski definition) is 7. The Labute approximate surface area is 101 Å². The number of imidazole rings is 1. The Morgan fingerprint density at radius 3 is 2.89 bits per heavy atom. The minimum atomic E-state index is -0.739. The van der Waals surface area contributed by atoms with Crippen molar-refractivity contribution in [2.75, 3.05) is 18.9 Å². The number of hydrogen-bond donors (Lipinski definition) is 4. The molecular weight excluding hydrogens is 242 g/mol. The Balaban J connectivity index is 2.28. The van der Waals surface area contributed by atoms with E-state index in [0.717, 1.165) is 0 Å². The predicted octanol–water partition coefficient (Wildman–Crippen LogP) is -1.97. The minimum Gasteiger partial charge on any atom is -0.394 e. The molecule has 2 heterocycles. The second kappa shape index (κ2) is 5.12. The molecule has 0 spiro atoms. The van der Waals surface area contributed by atoms with Gasteiger partial charge in [0.1, 0.15) is 18.4 Å². The molecule has 0 aliphatic carbocycles. The van der Waals surface area contributed by atoms with Gasteiger partial charge >= 0.3 is 5.69 Å². The highest BCUT2D eigenvalue weighted by Crippen LogP contribution is 2.07. The van der Waals surface area contributed by atoms with Gasteiger partial charge in [-0.25, -0.2) is 9.78 Å². The second-order valence-corrected chi connectivity index (χ2v) is 3.60. The Hall–Kier alpha value is -1.97. The first-order valence-corrected chi connectivity index (χ1v) is 5.20. The van der Waals surface area contributed by atoms with Crippen molar-refractivity contribution in [1.29, 1.82) is 0 Å². The Bertz CT molecular complexity index is 588. The van der Waals surface area contributed by atoms with E-state index in [-0.39, 0.29) is 25.9 Å². The quantitative estimate of drug-likeness (QED) is 0.485. The van der Waals surface area contributed by atoms with Gasteiger partial charge in [0.2, 0.25) is 5.95 Å². The standard InChI is InChI=1S/C9H13N5O4/c10-8-11-1-6-7(12-8)13-9(17)14(6)4-18-5(2-15)3-16/h1,5,15-16H,2-4H2,(H3,10,11,12,13,17). The van der Waals surface area contributed by atoms with E-state index in [1.54, 1.807) is 0 Å². The van der Waals surface area contributed by atoms with Crippen LogP contribution in [0, 0.1) is 0 Å². The SMILES string of the molecule is Nc1ncc2c(n1)[nH]c(=O)n2COC(CO)CO. The van der Waals surface area contributed by atoms with Gasteiger partial charge in [-0.05, 0) is 0 Å². The molecular formula is C9H13N5O4. The number of H-pyrrole nitrogens is 1. The van der Waals surface area contributed by atoms with E-state index in [9.17, 15) is 4.79 Å². The van der Waals surface area contributed by atoms with Crippen LogP contribution in [-0.2, 0) is 11.5 Å². The monoisotopic (exact) mass is 255 g/mol. The van der Waals surface area contributed by atoms with Gasteiger partial charge in [-0.2, -0.15) is 4.98 Å². The molecule has 9 heteroatoms. The number of rotatable bonds is 5. The van der Waals surface area contributed by atoms with Crippen LogP contribution < -0.4 is 11.4 Å². The third-order valence-corrected chi connectivity index (χ3v) is 2.40. The van der Waals surface area contributed by atoms with Crippen LogP contribution >= 0.6 is 0 Å². The van der Waals surface area contributed by atoms with E-state index < -0.39 is 11.8 Å². The number of aromatic amines is 1. The molecule has 0 unspecified atom stereocenters. The maximum Gasteiger partial charge on any atom is 0.329 e. The largest absolute Gasteiger partial charge is 0.394 e. The zero-order chi connectivity index (χ0) is 13.1. The normalized spacial score (nSPS) is 11.5. The van der Waals surface area contributed by atoms with E-state index >= 15 is 0 Å². The molecule has 9 nitrogen and oxygen atoms in total. The molecule has 0 atom stereocenters. The molecule has 0 bridgehead atoms. The van der Waals surface area contributed by atoms with Gasteiger partial charge in [-0.15, -0.1) is 0 Å². The average molecular weight is 255 g/mol. The second-order valence-electron chi connectivity index (χ2n) is 3.60.